The van der Waals surface area contributed by atoms with Gasteiger partial charge in [0.05, 0.1) is 12.7 Å². The molecule has 1 aliphatic rings. The van der Waals surface area contributed by atoms with Crippen molar-refractivity contribution in [2.75, 3.05) is 13.1 Å². The fraction of sp³-hybridized carbons (Fsp3) is 0.350. The summed E-state index contributed by atoms with van der Waals surface area (Å²) in [4.78, 5) is 14.4. The molecule has 1 saturated heterocycles. The van der Waals surface area contributed by atoms with Crippen molar-refractivity contribution in [3.05, 3.63) is 64.1 Å². The van der Waals surface area contributed by atoms with Gasteiger partial charge in [0.2, 0.25) is 0 Å². The third-order valence-corrected chi connectivity index (χ3v) is 4.85. The minimum Gasteiger partial charge on any atom is -0.406 e. The topological polar surface area (TPSA) is 38.8 Å². The highest BCUT2D eigenvalue weighted by atomic mass is 79.9. The first kappa shape index (κ1) is 20.7. The van der Waals surface area contributed by atoms with E-state index in [1.807, 2.05) is 12.1 Å². The van der Waals surface area contributed by atoms with Gasteiger partial charge in [0.15, 0.2) is 0 Å². The number of carbonyl (C=O) groups excluding carboxylic acids is 1. The molecule has 1 heterocycles. The smallest absolute Gasteiger partial charge is 0.406 e. The van der Waals surface area contributed by atoms with E-state index in [0.717, 1.165) is 17.3 Å². The molecule has 0 aromatic heterocycles. The summed E-state index contributed by atoms with van der Waals surface area (Å²) in [5, 5.41) is 0. The zero-order valence-electron chi connectivity index (χ0n) is 14.9. The second-order valence-electron chi connectivity index (χ2n) is 6.53. The van der Waals surface area contributed by atoms with Gasteiger partial charge in [-0.25, -0.2) is 0 Å². The van der Waals surface area contributed by atoms with E-state index in [9.17, 15) is 18.0 Å². The predicted octanol–water partition coefficient (Wildman–Crippen LogP) is 5.17. The number of carbonyl (C=O) groups is 1. The Hall–Kier alpha value is -2.06. The third-order valence-electron chi connectivity index (χ3n) is 4.35. The third kappa shape index (κ3) is 5.97. The van der Waals surface area contributed by atoms with Crippen LogP contribution in [0.25, 0.3) is 0 Å². The first-order valence-corrected chi connectivity index (χ1v) is 9.60. The van der Waals surface area contributed by atoms with Crippen LogP contribution in [0.4, 0.5) is 13.2 Å². The van der Waals surface area contributed by atoms with Crippen molar-refractivity contribution in [2.45, 2.75) is 31.9 Å². The fourth-order valence-corrected chi connectivity index (χ4v) is 3.51. The monoisotopic (exact) mass is 457 g/mol. The van der Waals surface area contributed by atoms with Crippen LogP contribution < -0.4 is 4.74 Å². The molecular weight excluding hydrogens is 439 g/mol. The SMILES string of the molecule is O=C(c1cccc(Br)c1)N1CCC[C@@H](OCc2cccc(OC(F)(F)F)c2)C1. The zero-order valence-corrected chi connectivity index (χ0v) is 16.5. The molecule has 0 saturated carbocycles. The Morgan fingerprint density at radius 1 is 1.18 bits per heavy atom. The van der Waals surface area contributed by atoms with Gasteiger partial charge in [0.1, 0.15) is 5.75 Å². The van der Waals surface area contributed by atoms with E-state index in [2.05, 4.69) is 20.7 Å². The lowest BCUT2D eigenvalue weighted by molar-refractivity contribution is -0.274. The summed E-state index contributed by atoms with van der Waals surface area (Å²) in [5.41, 5.74) is 1.18. The minimum atomic E-state index is -4.73. The average Bonchev–Trinajstić information content (AvgIpc) is 2.65. The summed E-state index contributed by atoms with van der Waals surface area (Å²) in [7, 11) is 0. The van der Waals surface area contributed by atoms with Gasteiger partial charge in [0.25, 0.3) is 5.91 Å². The minimum absolute atomic E-state index is 0.0600. The van der Waals surface area contributed by atoms with E-state index in [0.29, 0.717) is 24.2 Å². The second kappa shape index (κ2) is 8.96. The van der Waals surface area contributed by atoms with Crippen LogP contribution in [-0.4, -0.2) is 36.4 Å². The van der Waals surface area contributed by atoms with Gasteiger partial charge >= 0.3 is 6.36 Å². The number of ether oxygens (including phenoxy) is 2. The van der Waals surface area contributed by atoms with Crippen LogP contribution in [-0.2, 0) is 11.3 Å². The van der Waals surface area contributed by atoms with Crippen LogP contribution in [0.3, 0.4) is 0 Å². The number of hydrogen-bond acceptors (Lipinski definition) is 3. The Morgan fingerprint density at radius 3 is 2.71 bits per heavy atom. The molecule has 1 atom stereocenters. The number of hydrogen-bond donors (Lipinski definition) is 0. The highest BCUT2D eigenvalue weighted by Gasteiger charge is 2.31. The molecule has 0 N–H and O–H groups in total. The van der Waals surface area contributed by atoms with Crippen molar-refractivity contribution in [1.82, 2.24) is 4.90 Å². The molecule has 0 unspecified atom stereocenters. The summed E-state index contributed by atoms with van der Waals surface area (Å²) in [6.45, 7) is 1.25. The van der Waals surface area contributed by atoms with Crippen molar-refractivity contribution < 1.29 is 27.4 Å². The molecule has 1 amide bonds. The predicted molar refractivity (Wildman–Crippen MR) is 101 cm³/mol. The Kier molecular flexibility index (Phi) is 6.61. The van der Waals surface area contributed by atoms with E-state index in [1.165, 1.54) is 18.2 Å². The molecule has 150 valence electrons. The van der Waals surface area contributed by atoms with Crippen LogP contribution in [0.1, 0.15) is 28.8 Å². The maximum Gasteiger partial charge on any atom is 0.573 e. The Balaban J connectivity index is 1.57. The van der Waals surface area contributed by atoms with Crippen LogP contribution in [0.5, 0.6) is 5.75 Å². The molecule has 1 fully saturated rings. The van der Waals surface area contributed by atoms with E-state index in [-0.39, 0.29) is 24.4 Å². The molecule has 0 aliphatic carbocycles. The molecule has 0 bridgehead atoms. The molecule has 2 aromatic carbocycles. The van der Waals surface area contributed by atoms with E-state index in [4.69, 9.17) is 4.74 Å². The van der Waals surface area contributed by atoms with Gasteiger partial charge < -0.3 is 14.4 Å². The highest BCUT2D eigenvalue weighted by Crippen LogP contribution is 2.24. The normalized spacial score (nSPS) is 17.4. The molecule has 0 spiro atoms. The number of halogens is 4. The summed E-state index contributed by atoms with van der Waals surface area (Å²) in [6, 6.07) is 12.9. The summed E-state index contributed by atoms with van der Waals surface area (Å²) >= 11 is 3.36. The van der Waals surface area contributed by atoms with Crippen molar-refractivity contribution in [3.63, 3.8) is 0 Å². The van der Waals surface area contributed by atoms with E-state index < -0.39 is 6.36 Å². The van der Waals surface area contributed by atoms with Crippen molar-refractivity contribution >= 4 is 21.8 Å². The number of piperidine rings is 1. The van der Waals surface area contributed by atoms with Crippen LogP contribution in [0.2, 0.25) is 0 Å². The molecule has 0 radical (unpaired) electrons. The Morgan fingerprint density at radius 2 is 1.96 bits per heavy atom. The van der Waals surface area contributed by atoms with Crippen LogP contribution in [0.15, 0.2) is 53.0 Å². The van der Waals surface area contributed by atoms with E-state index in [1.54, 1.807) is 23.1 Å². The van der Waals surface area contributed by atoms with Crippen molar-refractivity contribution in [2.24, 2.45) is 0 Å². The first-order valence-electron chi connectivity index (χ1n) is 8.81. The summed E-state index contributed by atoms with van der Waals surface area (Å²) in [6.07, 6.45) is -3.30. The molecule has 2 aromatic rings. The number of alkyl halides is 3. The van der Waals surface area contributed by atoms with E-state index >= 15 is 0 Å². The molecule has 8 heteroatoms. The molecule has 3 rings (SSSR count). The van der Waals surface area contributed by atoms with Gasteiger partial charge in [-0.15, -0.1) is 13.2 Å². The molecular formula is C20H19BrF3NO3. The number of nitrogens with zero attached hydrogens (tertiary/aromatic N) is 1. The van der Waals surface area contributed by atoms with Crippen molar-refractivity contribution in [1.29, 1.82) is 0 Å². The fourth-order valence-electron chi connectivity index (χ4n) is 3.11. The Labute approximate surface area is 169 Å². The van der Waals surface area contributed by atoms with Gasteiger partial charge in [-0.05, 0) is 48.7 Å². The van der Waals surface area contributed by atoms with Gasteiger partial charge in [0, 0.05) is 23.1 Å². The van der Waals surface area contributed by atoms with Crippen molar-refractivity contribution in [3.8, 4) is 5.75 Å². The lowest BCUT2D eigenvalue weighted by Gasteiger charge is -2.32. The standard InChI is InChI=1S/C20H19BrF3NO3/c21-16-6-2-5-15(11-16)19(26)25-9-3-8-18(12-25)27-13-14-4-1-7-17(10-14)28-20(22,23)24/h1-2,4-7,10-11,18H,3,8-9,12-13H2/t18-/m1/s1. The van der Waals surface area contributed by atoms with Crippen LogP contribution >= 0.6 is 15.9 Å². The summed E-state index contributed by atoms with van der Waals surface area (Å²) in [5.74, 6) is -0.334. The molecule has 28 heavy (non-hydrogen) atoms. The molecule has 4 nitrogen and oxygen atoms in total. The largest absolute Gasteiger partial charge is 0.573 e. The maximum atomic E-state index is 12.7. The number of rotatable bonds is 5. The zero-order chi connectivity index (χ0) is 20.1. The quantitative estimate of drug-likeness (QED) is 0.621. The highest BCUT2D eigenvalue weighted by molar-refractivity contribution is 9.10. The number of likely N-dealkylation sites (tertiary alicyclic amines) is 1. The maximum absolute atomic E-state index is 12.7. The van der Waals surface area contributed by atoms with Crippen LogP contribution in [0, 0.1) is 0 Å². The average molecular weight is 458 g/mol. The van der Waals surface area contributed by atoms with Gasteiger partial charge in [-0.3, -0.25) is 4.79 Å². The van der Waals surface area contributed by atoms with Gasteiger partial charge in [-0.2, -0.15) is 0 Å². The lowest BCUT2D eigenvalue weighted by Crippen LogP contribution is -2.43. The van der Waals surface area contributed by atoms with Gasteiger partial charge in [-0.1, -0.05) is 34.1 Å². The number of amides is 1. The lowest BCUT2D eigenvalue weighted by atomic mass is 10.1. The first-order chi connectivity index (χ1) is 13.3. The number of benzene rings is 2. The Bertz CT molecular complexity index is 828. The second-order valence-corrected chi connectivity index (χ2v) is 7.45. The molecule has 1 aliphatic heterocycles. The summed E-state index contributed by atoms with van der Waals surface area (Å²) < 4.78 is 47.6.